The Kier molecular flexibility index (Phi) is 4.16. The predicted molar refractivity (Wildman–Crippen MR) is 54.4 cm³/mol. The third-order valence-electron chi connectivity index (χ3n) is 2.78. The Morgan fingerprint density at radius 2 is 2.15 bits per heavy atom. The minimum Gasteiger partial charge on any atom is -0.396 e. The van der Waals surface area contributed by atoms with Crippen molar-refractivity contribution in [2.75, 3.05) is 26.7 Å². The summed E-state index contributed by atoms with van der Waals surface area (Å²) in [4.78, 5) is 2.30. The molecule has 1 saturated carbocycles. The zero-order chi connectivity index (χ0) is 9.84. The average Bonchev–Trinajstić information content (AvgIpc) is 2.01. The van der Waals surface area contributed by atoms with Crippen LogP contribution in [0.25, 0.3) is 0 Å². The van der Waals surface area contributed by atoms with Crippen molar-refractivity contribution >= 4 is 0 Å². The molecular formula is C10H22N2O. The first-order chi connectivity index (χ1) is 6.11. The van der Waals surface area contributed by atoms with Gasteiger partial charge in [-0.2, -0.15) is 0 Å². The predicted octanol–water partition coefficient (Wildman–Crippen LogP) is 0.284. The van der Waals surface area contributed by atoms with Crippen LogP contribution in [-0.4, -0.2) is 42.8 Å². The molecule has 1 aliphatic carbocycles. The van der Waals surface area contributed by atoms with E-state index in [4.69, 9.17) is 10.8 Å². The third-order valence-corrected chi connectivity index (χ3v) is 2.78. The van der Waals surface area contributed by atoms with Crippen LogP contribution >= 0.6 is 0 Å². The van der Waals surface area contributed by atoms with Crippen LogP contribution in [0.2, 0.25) is 0 Å². The molecule has 1 aliphatic rings. The highest BCUT2D eigenvalue weighted by Gasteiger charge is 2.26. The van der Waals surface area contributed by atoms with E-state index in [2.05, 4.69) is 18.9 Å². The standard InChI is InChI=1S/C10H22N2O/c1-8(7-13)5-12(2)6-9-3-10(11)4-9/h8-10,13H,3-7,11H2,1-2H3. The summed E-state index contributed by atoms with van der Waals surface area (Å²) in [5.41, 5.74) is 5.71. The first kappa shape index (κ1) is 11.0. The summed E-state index contributed by atoms with van der Waals surface area (Å²) >= 11 is 0. The van der Waals surface area contributed by atoms with Crippen LogP contribution in [0.1, 0.15) is 19.8 Å². The van der Waals surface area contributed by atoms with Crippen molar-refractivity contribution in [2.24, 2.45) is 17.6 Å². The van der Waals surface area contributed by atoms with Crippen molar-refractivity contribution in [3.8, 4) is 0 Å². The Hall–Kier alpha value is -0.120. The lowest BCUT2D eigenvalue weighted by Gasteiger charge is -2.35. The topological polar surface area (TPSA) is 49.5 Å². The molecule has 3 heteroatoms. The van der Waals surface area contributed by atoms with Gasteiger partial charge in [-0.25, -0.2) is 0 Å². The minimum absolute atomic E-state index is 0.286. The van der Waals surface area contributed by atoms with Gasteiger partial charge in [0.2, 0.25) is 0 Å². The molecule has 0 saturated heterocycles. The molecular weight excluding hydrogens is 164 g/mol. The van der Waals surface area contributed by atoms with Crippen LogP contribution in [0.3, 0.4) is 0 Å². The highest BCUT2D eigenvalue weighted by atomic mass is 16.3. The number of nitrogens with two attached hydrogens (primary N) is 1. The van der Waals surface area contributed by atoms with Gasteiger partial charge in [-0.15, -0.1) is 0 Å². The second-order valence-electron chi connectivity index (χ2n) is 4.61. The van der Waals surface area contributed by atoms with E-state index in [-0.39, 0.29) is 6.61 Å². The number of hydrogen-bond donors (Lipinski definition) is 2. The lowest BCUT2D eigenvalue weighted by molar-refractivity contribution is 0.145. The molecule has 0 radical (unpaired) electrons. The quantitative estimate of drug-likeness (QED) is 0.648. The maximum Gasteiger partial charge on any atom is 0.0468 e. The summed E-state index contributed by atoms with van der Waals surface area (Å²) in [7, 11) is 2.12. The Balaban J connectivity index is 2.07. The van der Waals surface area contributed by atoms with Crippen molar-refractivity contribution in [2.45, 2.75) is 25.8 Å². The molecule has 0 heterocycles. The van der Waals surface area contributed by atoms with Gasteiger partial charge in [-0.05, 0) is 31.7 Å². The molecule has 0 aromatic carbocycles. The molecule has 0 spiro atoms. The molecule has 1 rings (SSSR count). The fraction of sp³-hybridized carbons (Fsp3) is 1.00. The van der Waals surface area contributed by atoms with Gasteiger partial charge in [0.05, 0.1) is 0 Å². The molecule has 1 fully saturated rings. The summed E-state index contributed by atoms with van der Waals surface area (Å²) < 4.78 is 0. The second kappa shape index (κ2) is 4.94. The number of hydrogen-bond acceptors (Lipinski definition) is 3. The van der Waals surface area contributed by atoms with Crippen LogP contribution in [0.5, 0.6) is 0 Å². The molecule has 0 aromatic heterocycles. The van der Waals surface area contributed by atoms with Crippen molar-refractivity contribution in [3.05, 3.63) is 0 Å². The zero-order valence-corrected chi connectivity index (χ0v) is 8.74. The highest BCUT2D eigenvalue weighted by molar-refractivity contribution is 4.83. The van der Waals surface area contributed by atoms with Crippen LogP contribution in [0.4, 0.5) is 0 Å². The molecule has 0 amide bonds. The molecule has 0 aromatic rings. The second-order valence-corrected chi connectivity index (χ2v) is 4.61. The molecule has 3 N–H and O–H groups in total. The first-order valence-electron chi connectivity index (χ1n) is 5.16. The Labute approximate surface area is 80.9 Å². The van der Waals surface area contributed by atoms with Crippen LogP contribution in [0, 0.1) is 11.8 Å². The molecule has 0 bridgehead atoms. The highest BCUT2D eigenvalue weighted by Crippen LogP contribution is 2.26. The van der Waals surface area contributed by atoms with E-state index in [0.717, 1.165) is 19.0 Å². The van der Waals surface area contributed by atoms with Gasteiger partial charge in [-0.1, -0.05) is 6.92 Å². The van der Waals surface area contributed by atoms with E-state index >= 15 is 0 Å². The van der Waals surface area contributed by atoms with Gasteiger partial charge in [0.25, 0.3) is 0 Å². The van der Waals surface area contributed by atoms with E-state index in [9.17, 15) is 0 Å². The monoisotopic (exact) mass is 186 g/mol. The van der Waals surface area contributed by atoms with Gasteiger partial charge < -0.3 is 15.7 Å². The van der Waals surface area contributed by atoms with E-state index in [0.29, 0.717) is 12.0 Å². The summed E-state index contributed by atoms with van der Waals surface area (Å²) in [6.07, 6.45) is 2.36. The fourth-order valence-corrected chi connectivity index (χ4v) is 2.04. The minimum atomic E-state index is 0.286. The number of nitrogens with zero attached hydrogens (tertiary/aromatic N) is 1. The van der Waals surface area contributed by atoms with Crippen LogP contribution in [0.15, 0.2) is 0 Å². The van der Waals surface area contributed by atoms with E-state index in [1.807, 2.05) is 0 Å². The van der Waals surface area contributed by atoms with Crippen LogP contribution in [-0.2, 0) is 0 Å². The summed E-state index contributed by atoms with van der Waals surface area (Å²) in [6.45, 7) is 4.48. The fourth-order valence-electron chi connectivity index (χ4n) is 2.04. The molecule has 3 nitrogen and oxygen atoms in total. The van der Waals surface area contributed by atoms with Gasteiger partial charge in [-0.3, -0.25) is 0 Å². The number of aliphatic hydroxyl groups excluding tert-OH is 1. The molecule has 1 unspecified atom stereocenters. The Bertz CT molecular complexity index is 146. The van der Waals surface area contributed by atoms with Crippen LogP contribution < -0.4 is 5.73 Å². The SMILES string of the molecule is CC(CO)CN(C)CC1CC(N)C1. The summed E-state index contributed by atoms with van der Waals surface area (Å²) in [5.74, 6) is 1.18. The normalized spacial score (nSPS) is 30.2. The summed E-state index contributed by atoms with van der Waals surface area (Å²) in [5, 5.41) is 8.88. The van der Waals surface area contributed by atoms with E-state index in [1.54, 1.807) is 0 Å². The lowest BCUT2D eigenvalue weighted by atomic mass is 9.80. The van der Waals surface area contributed by atoms with Gasteiger partial charge >= 0.3 is 0 Å². The first-order valence-corrected chi connectivity index (χ1v) is 5.16. The number of aliphatic hydroxyl groups is 1. The van der Waals surface area contributed by atoms with Gasteiger partial charge in [0.15, 0.2) is 0 Å². The Morgan fingerprint density at radius 3 is 2.62 bits per heavy atom. The smallest absolute Gasteiger partial charge is 0.0468 e. The van der Waals surface area contributed by atoms with E-state index in [1.165, 1.54) is 12.8 Å². The molecule has 0 aliphatic heterocycles. The number of rotatable bonds is 5. The maximum absolute atomic E-state index is 8.88. The van der Waals surface area contributed by atoms with Crippen molar-refractivity contribution in [1.82, 2.24) is 4.90 Å². The average molecular weight is 186 g/mol. The van der Waals surface area contributed by atoms with Crippen molar-refractivity contribution in [3.63, 3.8) is 0 Å². The zero-order valence-electron chi connectivity index (χ0n) is 8.74. The lowest BCUT2D eigenvalue weighted by Crippen LogP contribution is -2.42. The Morgan fingerprint density at radius 1 is 1.54 bits per heavy atom. The van der Waals surface area contributed by atoms with Crippen molar-refractivity contribution in [1.29, 1.82) is 0 Å². The molecule has 78 valence electrons. The van der Waals surface area contributed by atoms with E-state index < -0.39 is 0 Å². The molecule has 13 heavy (non-hydrogen) atoms. The summed E-state index contributed by atoms with van der Waals surface area (Å²) in [6, 6.07) is 0.452. The maximum atomic E-state index is 8.88. The van der Waals surface area contributed by atoms with Gasteiger partial charge in [0.1, 0.15) is 0 Å². The third kappa shape index (κ3) is 3.63. The largest absolute Gasteiger partial charge is 0.396 e. The van der Waals surface area contributed by atoms with Gasteiger partial charge in [0, 0.05) is 25.7 Å². The molecule has 1 atom stereocenters. The van der Waals surface area contributed by atoms with Crippen molar-refractivity contribution < 1.29 is 5.11 Å².